The van der Waals surface area contributed by atoms with Crippen molar-refractivity contribution in [2.75, 3.05) is 20.1 Å². The average molecular weight is 226 g/mol. The average Bonchev–Trinajstić information content (AvgIpc) is 2.21. The molecule has 16 heavy (non-hydrogen) atoms. The van der Waals surface area contributed by atoms with E-state index < -0.39 is 0 Å². The highest BCUT2D eigenvalue weighted by molar-refractivity contribution is 4.96. The summed E-state index contributed by atoms with van der Waals surface area (Å²) in [5.41, 5.74) is 6.35. The van der Waals surface area contributed by atoms with Crippen LogP contribution in [0.4, 0.5) is 0 Å². The number of nitrogens with two attached hydrogens (primary N) is 1. The topological polar surface area (TPSA) is 29.3 Å². The van der Waals surface area contributed by atoms with E-state index in [1.165, 1.54) is 19.3 Å². The molecule has 0 spiro atoms. The van der Waals surface area contributed by atoms with Crippen LogP contribution >= 0.6 is 0 Å². The second kappa shape index (κ2) is 5.50. The van der Waals surface area contributed by atoms with Gasteiger partial charge < -0.3 is 5.73 Å². The molecule has 1 aliphatic carbocycles. The quantitative estimate of drug-likeness (QED) is 0.798. The Balaban J connectivity index is 2.70. The van der Waals surface area contributed by atoms with Crippen molar-refractivity contribution in [3.05, 3.63) is 0 Å². The number of hydrogen-bond acceptors (Lipinski definition) is 2. The number of likely N-dealkylation sites (N-methyl/N-ethyl adjacent to an activating group) is 1. The van der Waals surface area contributed by atoms with E-state index in [-0.39, 0.29) is 5.54 Å². The Kier molecular flexibility index (Phi) is 4.81. The third-order valence-electron chi connectivity index (χ3n) is 4.57. The fraction of sp³-hybridized carbons (Fsp3) is 1.00. The SMILES string of the molecule is CC(C)CN(C)C1(CN)CCC(C)C(C)C1. The highest BCUT2D eigenvalue weighted by Crippen LogP contribution is 2.39. The molecule has 3 atom stereocenters. The minimum atomic E-state index is 0.274. The molecule has 0 heterocycles. The molecule has 0 aromatic heterocycles. The molecule has 2 N–H and O–H groups in total. The van der Waals surface area contributed by atoms with E-state index in [0.717, 1.165) is 30.8 Å². The number of hydrogen-bond donors (Lipinski definition) is 1. The molecule has 1 aliphatic rings. The zero-order valence-corrected chi connectivity index (χ0v) is 11.8. The van der Waals surface area contributed by atoms with E-state index in [1.54, 1.807) is 0 Å². The third-order valence-corrected chi connectivity index (χ3v) is 4.57. The maximum atomic E-state index is 6.08. The molecule has 0 radical (unpaired) electrons. The van der Waals surface area contributed by atoms with Gasteiger partial charge in [-0.05, 0) is 44.1 Å². The van der Waals surface area contributed by atoms with E-state index in [0.29, 0.717) is 0 Å². The molecule has 0 aromatic carbocycles. The number of rotatable bonds is 4. The summed E-state index contributed by atoms with van der Waals surface area (Å²) in [6, 6.07) is 0. The van der Waals surface area contributed by atoms with Gasteiger partial charge in [-0.3, -0.25) is 4.90 Å². The lowest BCUT2D eigenvalue weighted by Gasteiger charge is -2.48. The van der Waals surface area contributed by atoms with Gasteiger partial charge >= 0.3 is 0 Å². The Morgan fingerprint density at radius 2 is 1.94 bits per heavy atom. The predicted octanol–water partition coefficient (Wildman–Crippen LogP) is 2.73. The summed E-state index contributed by atoms with van der Waals surface area (Å²) in [4.78, 5) is 2.53. The normalized spacial score (nSPS) is 36.0. The van der Waals surface area contributed by atoms with Crippen molar-refractivity contribution in [2.45, 2.75) is 52.5 Å². The van der Waals surface area contributed by atoms with Crippen LogP contribution in [0.1, 0.15) is 47.0 Å². The van der Waals surface area contributed by atoms with Gasteiger partial charge in [-0.15, -0.1) is 0 Å². The van der Waals surface area contributed by atoms with Gasteiger partial charge in [0.1, 0.15) is 0 Å². The summed E-state index contributed by atoms with van der Waals surface area (Å²) < 4.78 is 0. The molecule has 96 valence electrons. The van der Waals surface area contributed by atoms with Crippen molar-refractivity contribution in [1.29, 1.82) is 0 Å². The summed E-state index contributed by atoms with van der Waals surface area (Å²) in [5.74, 6) is 2.40. The summed E-state index contributed by atoms with van der Waals surface area (Å²) >= 11 is 0. The van der Waals surface area contributed by atoms with Crippen molar-refractivity contribution >= 4 is 0 Å². The van der Waals surface area contributed by atoms with Crippen molar-refractivity contribution in [2.24, 2.45) is 23.5 Å². The molecule has 0 aromatic rings. The summed E-state index contributed by atoms with van der Waals surface area (Å²) in [6.07, 6.45) is 3.88. The second-order valence-corrected chi connectivity index (χ2v) is 6.40. The van der Waals surface area contributed by atoms with Crippen LogP contribution < -0.4 is 5.73 Å². The molecule has 2 nitrogen and oxygen atoms in total. The van der Waals surface area contributed by atoms with Crippen molar-refractivity contribution in [1.82, 2.24) is 4.90 Å². The zero-order valence-electron chi connectivity index (χ0n) is 11.8. The van der Waals surface area contributed by atoms with Crippen LogP contribution in [0.25, 0.3) is 0 Å². The lowest BCUT2D eigenvalue weighted by Crippen LogP contribution is -2.56. The minimum absolute atomic E-state index is 0.274. The fourth-order valence-electron chi connectivity index (χ4n) is 3.11. The van der Waals surface area contributed by atoms with Crippen molar-refractivity contribution in [3.8, 4) is 0 Å². The zero-order chi connectivity index (χ0) is 12.3. The highest BCUT2D eigenvalue weighted by Gasteiger charge is 2.39. The molecule has 0 aliphatic heterocycles. The Morgan fingerprint density at radius 3 is 2.38 bits per heavy atom. The molecule has 3 unspecified atom stereocenters. The van der Waals surface area contributed by atoms with Crippen LogP contribution in [0.2, 0.25) is 0 Å². The largest absolute Gasteiger partial charge is 0.329 e. The van der Waals surface area contributed by atoms with Crippen LogP contribution in [0, 0.1) is 17.8 Å². The van der Waals surface area contributed by atoms with Gasteiger partial charge in [0.05, 0.1) is 0 Å². The first kappa shape index (κ1) is 14.0. The lowest BCUT2D eigenvalue weighted by molar-refractivity contribution is 0.0330. The first-order valence-corrected chi connectivity index (χ1v) is 6.82. The Morgan fingerprint density at radius 1 is 1.31 bits per heavy atom. The minimum Gasteiger partial charge on any atom is -0.329 e. The van der Waals surface area contributed by atoms with E-state index in [2.05, 4.69) is 39.6 Å². The smallest absolute Gasteiger partial charge is 0.0331 e. The van der Waals surface area contributed by atoms with Crippen LogP contribution in [-0.4, -0.2) is 30.6 Å². The lowest BCUT2D eigenvalue weighted by atomic mass is 9.70. The monoisotopic (exact) mass is 226 g/mol. The number of nitrogens with zero attached hydrogens (tertiary/aromatic N) is 1. The van der Waals surface area contributed by atoms with Gasteiger partial charge in [-0.25, -0.2) is 0 Å². The molecule has 2 heteroatoms. The van der Waals surface area contributed by atoms with E-state index in [1.807, 2.05) is 0 Å². The molecular weight excluding hydrogens is 196 g/mol. The molecule has 0 saturated heterocycles. The molecule has 1 fully saturated rings. The van der Waals surface area contributed by atoms with Crippen LogP contribution in [0.15, 0.2) is 0 Å². The Hall–Kier alpha value is -0.0800. The molecule has 0 amide bonds. The summed E-state index contributed by atoms with van der Waals surface area (Å²) in [6.45, 7) is 11.3. The van der Waals surface area contributed by atoms with Crippen molar-refractivity contribution < 1.29 is 0 Å². The third kappa shape index (κ3) is 2.98. The Labute approximate surface area is 102 Å². The van der Waals surface area contributed by atoms with Gasteiger partial charge in [-0.2, -0.15) is 0 Å². The van der Waals surface area contributed by atoms with Gasteiger partial charge in [0, 0.05) is 18.6 Å². The first-order chi connectivity index (χ1) is 7.41. The van der Waals surface area contributed by atoms with E-state index in [9.17, 15) is 0 Å². The summed E-state index contributed by atoms with van der Waals surface area (Å²) in [7, 11) is 2.26. The van der Waals surface area contributed by atoms with Gasteiger partial charge in [0.15, 0.2) is 0 Å². The van der Waals surface area contributed by atoms with Crippen LogP contribution in [0.3, 0.4) is 0 Å². The molecule has 1 rings (SSSR count). The highest BCUT2D eigenvalue weighted by atomic mass is 15.2. The van der Waals surface area contributed by atoms with Gasteiger partial charge in [0.2, 0.25) is 0 Å². The molecular formula is C14H30N2. The van der Waals surface area contributed by atoms with Gasteiger partial charge in [0.25, 0.3) is 0 Å². The second-order valence-electron chi connectivity index (χ2n) is 6.40. The Bertz CT molecular complexity index is 215. The van der Waals surface area contributed by atoms with Gasteiger partial charge in [-0.1, -0.05) is 27.7 Å². The standard InChI is InChI=1S/C14H30N2/c1-11(2)9-16(5)14(10-15)7-6-12(3)13(4)8-14/h11-13H,6-10,15H2,1-5H3. The van der Waals surface area contributed by atoms with Crippen LogP contribution in [-0.2, 0) is 0 Å². The molecule has 1 saturated carbocycles. The van der Waals surface area contributed by atoms with E-state index >= 15 is 0 Å². The summed E-state index contributed by atoms with van der Waals surface area (Å²) in [5, 5.41) is 0. The maximum Gasteiger partial charge on any atom is 0.0331 e. The maximum absolute atomic E-state index is 6.08. The fourth-order valence-corrected chi connectivity index (χ4v) is 3.11. The predicted molar refractivity (Wildman–Crippen MR) is 71.4 cm³/mol. The van der Waals surface area contributed by atoms with Crippen molar-refractivity contribution in [3.63, 3.8) is 0 Å². The first-order valence-electron chi connectivity index (χ1n) is 6.82. The van der Waals surface area contributed by atoms with Crippen LogP contribution in [0.5, 0.6) is 0 Å². The van der Waals surface area contributed by atoms with E-state index in [4.69, 9.17) is 5.73 Å². The molecule has 0 bridgehead atoms.